The highest BCUT2D eigenvalue weighted by Gasteiger charge is 2.52. The minimum Gasteiger partial charge on any atom is -0.394 e. The fourth-order valence-corrected chi connectivity index (χ4v) is 5.35. The van der Waals surface area contributed by atoms with Gasteiger partial charge in [0.25, 0.3) is 11.8 Å². The lowest BCUT2D eigenvalue weighted by atomic mass is 9.83. The Balaban J connectivity index is 1.51. The van der Waals surface area contributed by atoms with Crippen LogP contribution in [0.2, 0.25) is 5.02 Å². The minimum absolute atomic E-state index is 0.0628. The predicted octanol–water partition coefficient (Wildman–Crippen LogP) is 2.96. The zero-order valence-electron chi connectivity index (χ0n) is 22.0. The molecule has 1 saturated heterocycles. The molecule has 3 amide bonds. The monoisotopic (exact) mass is 555 g/mol. The van der Waals surface area contributed by atoms with Gasteiger partial charge in [-0.15, -0.1) is 0 Å². The van der Waals surface area contributed by atoms with Gasteiger partial charge in [-0.05, 0) is 55.7 Å². The number of anilines is 2. The molecule has 4 N–H and O–H groups in total. The van der Waals surface area contributed by atoms with Crippen molar-refractivity contribution in [2.45, 2.75) is 57.4 Å². The summed E-state index contributed by atoms with van der Waals surface area (Å²) in [5.41, 5.74) is 0.323. The van der Waals surface area contributed by atoms with Crippen molar-refractivity contribution >= 4 is 40.7 Å². The number of carbonyl (C=O) groups is 3. The maximum Gasteiger partial charge on any atom is 0.264 e. The first-order chi connectivity index (χ1) is 18.6. The highest BCUT2D eigenvalue weighted by molar-refractivity contribution is 6.31. The molecule has 2 aliphatic rings. The number of amides is 3. The number of benzene rings is 2. The van der Waals surface area contributed by atoms with E-state index in [1.54, 1.807) is 66.4 Å². The van der Waals surface area contributed by atoms with Crippen molar-refractivity contribution in [1.29, 1.82) is 0 Å². The van der Waals surface area contributed by atoms with Crippen molar-refractivity contribution in [1.82, 2.24) is 4.90 Å². The van der Waals surface area contributed by atoms with Crippen LogP contribution in [0.15, 0.2) is 54.6 Å². The third-order valence-corrected chi connectivity index (χ3v) is 7.69. The third kappa shape index (κ3) is 5.86. The Labute approximate surface area is 232 Å². The molecule has 0 saturated carbocycles. The number of fused-ring (bicyclic) bond motifs is 1. The molecule has 0 radical (unpaired) electrons. The molecule has 2 aromatic carbocycles. The summed E-state index contributed by atoms with van der Waals surface area (Å²) in [5, 5.41) is 33.7. The Morgan fingerprint density at radius 1 is 1.21 bits per heavy atom. The quantitative estimate of drug-likeness (QED) is 0.352. The number of carbonyl (C=O) groups excluding carboxylic acids is 3. The van der Waals surface area contributed by atoms with E-state index in [0.29, 0.717) is 28.5 Å². The molecular weight excluding hydrogens is 522 g/mol. The Morgan fingerprint density at radius 3 is 2.59 bits per heavy atom. The van der Waals surface area contributed by atoms with E-state index in [-0.39, 0.29) is 31.5 Å². The minimum atomic E-state index is -1.88. The second-order valence-corrected chi connectivity index (χ2v) is 10.6. The Kier molecular flexibility index (Phi) is 8.76. The first-order valence-electron chi connectivity index (χ1n) is 13.1. The molecule has 208 valence electrons. The van der Waals surface area contributed by atoms with Gasteiger partial charge >= 0.3 is 0 Å². The van der Waals surface area contributed by atoms with E-state index in [2.05, 4.69) is 5.32 Å². The molecular formula is C29H34ClN3O6. The Bertz CT molecular complexity index is 1260. The topological polar surface area (TPSA) is 130 Å². The van der Waals surface area contributed by atoms with Gasteiger partial charge in [0, 0.05) is 35.2 Å². The SMILES string of the molecule is C[C@H](O)C(=O)Nc1ccc(CN2C(=O)[C@](O)([C@H](C)/C=C/CC(=O)N3CCC[C@H]3CO)c3cc(Cl)ccc32)cc1. The molecule has 39 heavy (non-hydrogen) atoms. The van der Waals surface area contributed by atoms with E-state index >= 15 is 0 Å². The lowest BCUT2D eigenvalue weighted by Crippen LogP contribution is -2.44. The first kappa shape index (κ1) is 28.8. The van der Waals surface area contributed by atoms with Crippen LogP contribution < -0.4 is 10.2 Å². The molecule has 0 aromatic heterocycles. The van der Waals surface area contributed by atoms with E-state index < -0.39 is 29.4 Å². The van der Waals surface area contributed by atoms with Crippen LogP contribution in [0.4, 0.5) is 11.4 Å². The van der Waals surface area contributed by atoms with Crippen LogP contribution in [0, 0.1) is 5.92 Å². The average Bonchev–Trinajstić information content (AvgIpc) is 3.47. The molecule has 2 aromatic rings. The smallest absolute Gasteiger partial charge is 0.264 e. The van der Waals surface area contributed by atoms with Crippen molar-refractivity contribution in [2.24, 2.45) is 5.92 Å². The van der Waals surface area contributed by atoms with E-state index in [4.69, 9.17) is 11.6 Å². The van der Waals surface area contributed by atoms with E-state index in [1.807, 2.05) is 0 Å². The molecule has 0 spiro atoms. The van der Waals surface area contributed by atoms with E-state index in [1.165, 1.54) is 11.8 Å². The summed E-state index contributed by atoms with van der Waals surface area (Å²) >= 11 is 6.26. The second-order valence-electron chi connectivity index (χ2n) is 10.2. The van der Waals surface area contributed by atoms with Gasteiger partial charge in [0.2, 0.25) is 5.91 Å². The fraction of sp³-hybridized carbons (Fsp3) is 0.414. The van der Waals surface area contributed by atoms with Crippen molar-refractivity contribution in [3.05, 3.63) is 70.8 Å². The highest BCUT2D eigenvalue weighted by atomic mass is 35.5. The highest BCUT2D eigenvalue weighted by Crippen LogP contribution is 2.46. The molecule has 2 aliphatic heterocycles. The van der Waals surface area contributed by atoms with Gasteiger partial charge in [0.05, 0.1) is 24.9 Å². The standard InChI is InChI=1S/C29H34ClN3O6/c1-18(5-3-7-26(36)32-14-4-6-23(32)17-34)29(39)24-15-21(30)10-13-25(24)33(28(29)38)16-20-8-11-22(12-9-20)31-27(37)19(2)35/h3,5,8-13,15,18-19,23,34-35,39H,4,6-7,14,16-17H2,1-2H3,(H,31,37)/b5-3+/t18-,19+,23+,29+/m1/s1. The average molecular weight is 556 g/mol. The van der Waals surface area contributed by atoms with Gasteiger partial charge < -0.3 is 30.4 Å². The van der Waals surface area contributed by atoms with Gasteiger partial charge in [-0.25, -0.2) is 0 Å². The zero-order chi connectivity index (χ0) is 28.3. The van der Waals surface area contributed by atoms with Gasteiger partial charge in [-0.1, -0.05) is 42.8 Å². The number of hydrogen-bond acceptors (Lipinski definition) is 6. The van der Waals surface area contributed by atoms with Crippen LogP contribution in [0.3, 0.4) is 0 Å². The number of nitrogens with one attached hydrogen (secondary N) is 1. The van der Waals surface area contributed by atoms with Gasteiger partial charge in [-0.3, -0.25) is 14.4 Å². The van der Waals surface area contributed by atoms with Crippen LogP contribution in [0.1, 0.15) is 44.2 Å². The molecule has 0 unspecified atom stereocenters. The van der Waals surface area contributed by atoms with Crippen LogP contribution >= 0.6 is 11.6 Å². The number of halogens is 1. The molecule has 0 bridgehead atoms. The summed E-state index contributed by atoms with van der Waals surface area (Å²) in [6, 6.07) is 11.7. The number of nitrogens with zero attached hydrogens (tertiary/aromatic N) is 2. The largest absolute Gasteiger partial charge is 0.394 e. The first-order valence-corrected chi connectivity index (χ1v) is 13.4. The molecule has 4 rings (SSSR count). The second kappa shape index (κ2) is 11.9. The van der Waals surface area contributed by atoms with E-state index in [0.717, 1.165) is 18.4 Å². The lowest BCUT2D eigenvalue weighted by Gasteiger charge is -2.28. The Morgan fingerprint density at radius 2 is 1.92 bits per heavy atom. The number of hydrogen-bond donors (Lipinski definition) is 4. The number of likely N-dealkylation sites (tertiary alicyclic amines) is 1. The van der Waals surface area contributed by atoms with Gasteiger partial charge in [0.1, 0.15) is 6.10 Å². The summed E-state index contributed by atoms with van der Waals surface area (Å²) in [6.45, 7) is 3.82. The molecule has 10 heteroatoms. The van der Waals surface area contributed by atoms with Crippen LogP contribution in [-0.4, -0.2) is 63.2 Å². The maximum atomic E-state index is 13.7. The molecule has 4 atom stereocenters. The van der Waals surface area contributed by atoms with Crippen LogP contribution in [0.25, 0.3) is 0 Å². The summed E-state index contributed by atoms with van der Waals surface area (Å²) < 4.78 is 0. The lowest BCUT2D eigenvalue weighted by molar-refractivity contribution is -0.139. The fourth-order valence-electron chi connectivity index (χ4n) is 5.18. The summed E-state index contributed by atoms with van der Waals surface area (Å²) in [5.74, 6) is -1.79. The van der Waals surface area contributed by atoms with Gasteiger partial charge in [0.15, 0.2) is 5.60 Å². The molecule has 1 fully saturated rings. The van der Waals surface area contributed by atoms with Crippen molar-refractivity contribution < 1.29 is 29.7 Å². The maximum absolute atomic E-state index is 13.7. The number of aliphatic hydroxyl groups is 3. The number of rotatable bonds is 9. The molecule has 2 heterocycles. The van der Waals surface area contributed by atoms with Crippen molar-refractivity contribution in [2.75, 3.05) is 23.4 Å². The summed E-state index contributed by atoms with van der Waals surface area (Å²) in [6.07, 6.45) is 3.95. The summed E-state index contributed by atoms with van der Waals surface area (Å²) in [7, 11) is 0. The summed E-state index contributed by atoms with van der Waals surface area (Å²) in [4.78, 5) is 41.3. The van der Waals surface area contributed by atoms with Gasteiger partial charge in [-0.2, -0.15) is 0 Å². The third-order valence-electron chi connectivity index (χ3n) is 7.46. The van der Waals surface area contributed by atoms with Crippen LogP contribution in [0.5, 0.6) is 0 Å². The molecule has 9 nitrogen and oxygen atoms in total. The van der Waals surface area contributed by atoms with Crippen molar-refractivity contribution in [3.63, 3.8) is 0 Å². The normalized spacial score (nSPS) is 22.3. The Hall–Kier alpha value is -3.24. The molecule has 0 aliphatic carbocycles. The van der Waals surface area contributed by atoms with E-state index in [9.17, 15) is 29.7 Å². The zero-order valence-corrected chi connectivity index (χ0v) is 22.8. The number of aliphatic hydroxyl groups excluding tert-OH is 2. The van der Waals surface area contributed by atoms with Crippen LogP contribution in [-0.2, 0) is 26.5 Å². The predicted molar refractivity (Wildman–Crippen MR) is 148 cm³/mol. The van der Waals surface area contributed by atoms with Crippen molar-refractivity contribution in [3.8, 4) is 0 Å².